The summed E-state index contributed by atoms with van der Waals surface area (Å²) >= 11 is 5.99. The summed E-state index contributed by atoms with van der Waals surface area (Å²) in [5.74, 6) is -1.54. The smallest absolute Gasteiger partial charge is 0.329 e. The quantitative estimate of drug-likeness (QED) is 0.432. The van der Waals surface area contributed by atoms with Crippen LogP contribution < -0.4 is 15.5 Å². The number of rotatable bonds is 7. The molecular weight excluding hydrogens is 373 g/mol. The molecule has 0 aromatic heterocycles. The molecule has 2 aromatic carbocycles. The lowest BCUT2D eigenvalue weighted by atomic mass is 10.2. The Balaban J connectivity index is 2.02. The molecule has 142 valence electrons. The van der Waals surface area contributed by atoms with Crippen molar-refractivity contribution in [3.8, 4) is 5.75 Å². The molecule has 0 heterocycles. The minimum atomic E-state index is -0.871. The van der Waals surface area contributed by atoms with Crippen LogP contribution in [0, 0.1) is 5.82 Å². The van der Waals surface area contributed by atoms with Gasteiger partial charge in [-0.3, -0.25) is 9.59 Å². The molecule has 0 atom stereocenters. The first-order valence-corrected chi connectivity index (χ1v) is 8.65. The van der Waals surface area contributed by atoms with Gasteiger partial charge in [0.15, 0.2) is 0 Å². The van der Waals surface area contributed by atoms with E-state index in [0.29, 0.717) is 28.4 Å². The molecule has 8 heteroatoms. The molecule has 0 saturated heterocycles. The summed E-state index contributed by atoms with van der Waals surface area (Å²) in [5, 5.41) is 6.65. The lowest BCUT2D eigenvalue weighted by Gasteiger charge is -2.10. The van der Waals surface area contributed by atoms with E-state index in [1.165, 1.54) is 18.3 Å². The topological polar surface area (TPSA) is 79.8 Å². The van der Waals surface area contributed by atoms with E-state index in [1.54, 1.807) is 30.3 Å². The van der Waals surface area contributed by atoms with Crippen molar-refractivity contribution in [1.29, 1.82) is 0 Å². The molecule has 27 heavy (non-hydrogen) atoms. The highest BCUT2D eigenvalue weighted by Gasteiger charge is 2.11. The molecular formula is C19H19ClFN3O3. The molecule has 0 spiro atoms. The van der Waals surface area contributed by atoms with Crippen LogP contribution in [0.4, 0.5) is 4.39 Å². The lowest BCUT2D eigenvalue weighted by molar-refractivity contribution is -0.139. The lowest BCUT2D eigenvalue weighted by Crippen LogP contribution is -2.38. The first-order chi connectivity index (χ1) is 13.0. The number of hydrazone groups is 1. The first-order valence-electron chi connectivity index (χ1n) is 8.27. The van der Waals surface area contributed by atoms with Gasteiger partial charge in [-0.05, 0) is 42.3 Å². The van der Waals surface area contributed by atoms with E-state index < -0.39 is 11.8 Å². The van der Waals surface area contributed by atoms with Crippen molar-refractivity contribution in [2.45, 2.75) is 20.0 Å². The molecule has 2 aromatic rings. The van der Waals surface area contributed by atoms with Crippen LogP contribution in [0.15, 0.2) is 47.6 Å². The normalized spacial score (nSPS) is 10.6. The fourth-order valence-electron chi connectivity index (χ4n) is 2.07. The van der Waals surface area contributed by atoms with Crippen molar-refractivity contribution >= 4 is 29.6 Å². The summed E-state index contributed by atoms with van der Waals surface area (Å²) in [6.45, 7) is 2.43. The van der Waals surface area contributed by atoms with Gasteiger partial charge >= 0.3 is 11.8 Å². The van der Waals surface area contributed by atoms with Crippen molar-refractivity contribution in [3.05, 3.63) is 64.4 Å². The summed E-state index contributed by atoms with van der Waals surface area (Å²) in [5.41, 5.74) is 3.29. The van der Waals surface area contributed by atoms with Crippen molar-refractivity contribution in [1.82, 2.24) is 10.7 Å². The number of amides is 2. The molecule has 2 N–H and O–H groups in total. The number of ether oxygens (including phenoxy) is 1. The summed E-state index contributed by atoms with van der Waals surface area (Å²) < 4.78 is 18.9. The van der Waals surface area contributed by atoms with Crippen LogP contribution in [0.3, 0.4) is 0 Å². The minimum Gasteiger partial charge on any atom is -0.488 e. The number of nitrogens with one attached hydrogen (secondary N) is 2. The number of carbonyl (C=O) groups is 2. The summed E-state index contributed by atoms with van der Waals surface area (Å²) in [6.07, 6.45) is 2.04. The molecule has 0 aliphatic rings. The predicted octanol–water partition coefficient (Wildman–Crippen LogP) is 3.03. The largest absolute Gasteiger partial charge is 0.488 e. The van der Waals surface area contributed by atoms with Gasteiger partial charge in [-0.2, -0.15) is 5.10 Å². The number of benzene rings is 2. The molecule has 2 amide bonds. The number of hydrogen-bond acceptors (Lipinski definition) is 4. The Morgan fingerprint density at radius 3 is 2.78 bits per heavy atom. The molecule has 0 unspecified atom stereocenters. The molecule has 0 aliphatic heterocycles. The van der Waals surface area contributed by atoms with E-state index in [-0.39, 0.29) is 12.4 Å². The summed E-state index contributed by atoms with van der Waals surface area (Å²) in [4.78, 5) is 23.1. The molecule has 0 radical (unpaired) electrons. The van der Waals surface area contributed by atoms with Gasteiger partial charge in [0.1, 0.15) is 18.2 Å². The van der Waals surface area contributed by atoms with Crippen LogP contribution in [0.1, 0.15) is 24.5 Å². The van der Waals surface area contributed by atoms with Gasteiger partial charge in [0, 0.05) is 17.1 Å². The summed E-state index contributed by atoms with van der Waals surface area (Å²) in [6, 6.07) is 10.9. The second kappa shape index (κ2) is 10.3. The monoisotopic (exact) mass is 391 g/mol. The molecule has 0 fully saturated rings. The third-order valence-corrected chi connectivity index (χ3v) is 3.60. The van der Waals surface area contributed by atoms with Gasteiger partial charge in [0.25, 0.3) is 0 Å². The fraction of sp³-hybridized carbons (Fsp3) is 0.211. The fourth-order valence-corrected chi connectivity index (χ4v) is 2.25. The van der Waals surface area contributed by atoms with Crippen molar-refractivity contribution < 1.29 is 18.7 Å². The third-order valence-electron chi connectivity index (χ3n) is 3.37. The van der Waals surface area contributed by atoms with Gasteiger partial charge in [-0.1, -0.05) is 30.7 Å². The number of halogens is 2. The molecule has 0 bridgehead atoms. The maximum absolute atomic E-state index is 13.2. The second-order valence-corrected chi connectivity index (χ2v) is 5.99. The molecule has 6 nitrogen and oxygen atoms in total. The van der Waals surface area contributed by atoms with Crippen molar-refractivity contribution in [3.63, 3.8) is 0 Å². The first kappa shape index (κ1) is 20.4. The zero-order chi connectivity index (χ0) is 19.6. The third kappa shape index (κ3) is 6.71. The van der Waals surface area contributed by atoms with E-state index in [0.717, 1.165) is 6.42 Å². The standard InChI is InChI=1S/C19H19ClFN3O3/c1-2-8-22-18(25)19(26)24-23-11-14-10-15(20)6-7-17(14)27-12-13-4-3-5-16(21)9-13/h3-7,9-11H,2,8,12H2,1H3,(H,22,25)(H,24,26)/b23-11-. The average Bonchev–Trinajstić information content (AvgIpc) is 2.65. The Bertz CT molecular complexity index is 843. The van der Waals surface area contributed by atoms with Gasteiger partial charge < -0.3 is 10.1 Å². The van der Waals surface area contributed by atoms with Gasteiger partial charge in [-0.25, -0.2) is 9.82 Å². The van der Waals surface area contributed by atoms with Crippen LogP contribution in [-0.4, -0.2) is 24.6 Å². The summed E-state index contributed by atoms with van der Waals surface area (Å²) in [7, 11) is 0. The Hall–Kier alpha value is -2.93. The predicted molar refractivity (Wildman–Crippen MR) is 101 cm³/mol. The van der Waals surface area contributed by atoms with E-state index in [4.69, 9.17) is 16.3 Å². The molecule has 0 aliphatic carbocycles. The van der Waals surface area contributed by atoms with Crippen LogP contribution >= 0.6 is 11.6 Å². The molecule has 2 rings (SSSR count). The number of nitrogens with zero attached hydrogens (tertiary/aromatic N) is 1. The van der Waals surface area contributed by atoms with E-state index in [2.05, 4.69) is 15.8 Å². The van der Waals surface area contributed by atoms with E-state index in [9.17, 15) is 14.0 Å². The average molecular weight is 392 g/mol. The van der Waals surface area contributed by atoms with Gasteiger partial charge in [-0.15, -0.1) is 0 Å². The van der Waals surface area contributed by atoms with Crippen LogP contribution in [0.2, 0.25) is 5.02 Å². The second-order valence-electron chi connectivity index (χ2n) is 5.56. The van der Waals surface area contributed by atoms with Crippen LogP contribution in [0.25, 0.3) is 0 Å². The van der Waals surface area contributed by atoms with Crippen molar-refractivity contribution in [2.75, 3.05) is 6.54 Å². The van der Waals surface area contributed by atoms with Gasteiger partial charge in [0.2, 0.25) is 0 Å². The highest BCUT2D eigenvalue weighted by Crippen LogP contribution is 2.22. The van der Waals surface area contributed by atoms with Crippen LogP contribution in [0.5, 0.6) is 5.75 Å². The Kier molecular flexibility index (Phi) is 7.76. The zero-order valence-electron chi connectivity index (χ0n) is 14.7. The highest BCUT2D eigenvalue weighted by atomic mass is 35.5. The van der Waals surface area contributed by atoms with E-state index >= 15 is 0 Å². The zero-order valence-corrected chi connectivity index (χ0v) is 15.4. The highest BCUT2D eigenvalue weighted by molar-refractivity contribution is 6.35. The van der Waals surface area contributed by atoms with E-state index in [1.807, 2.05) is 6.92 Å². The Labute approximate surface area is 161 Å². The van der Waals surface area contributed by atoms with Gasteiger partial charge in [0.05, 0.1) is 6.21 Å². The van der Waals surface area contributed by atoms with Crippen molar-refractivity contribution in [2.24, 2.45) is 5.10 Å². The maximum Gasteiger partial charge on any atom is 0.329 e. The minimum absolute atomic E-state index is 0.145. The Morgan fingerprint density at radius 1 is 1.22 bits per heavy atom. The maximum atomic E-state index is 13.2. The van der Waals surface area contributed by atoms with Crippen LogP contribution in [-0.2, 0) is 16.2 Å². The molecule has 0 saturated carbocycles. The Morgan fingerprint density at radius 2 is 2.04 bits per heavy atom. The number of hydrogen-bond donors (Lipinski definition) is 2. The number of carbonyl (C=O) groups excluding carboxylic acids is 2. The SMILES string of the molecule is CCCNC(=O)C(=O)N/N=C\c1cc(Cl)ccc1OCc1cccc(F)c1.